The van der Waals surface area contributed by atoms with Crippen LogP contribution in [0.25, 0.3) is 21.9 Å². The van der Waals surface area contributed by atoms with Crippen molar-refractivity contribution in [1.29, 1.82) is 0 Å². The lowest BCUT2D eigenvalue weighted by Crippen LogP contribution is -2.37. The summed E-state index contributed by atoms with van der Waals surface area (Å²) in [5.74, 6) is 0.915. The van der Waals surface area contributed by atoms with Gasteiger partial charge in [-0.3, -0.25) is 0 Å². The standard InChI is InChI=1S/C29H32N2O/c1-18(2)22-11-9-12-23(19(3)4)28(22)31-17-16-30(21(31)6)27-20(5)14-15-25-24-10-7-8-13-26(24)32-29(25)27/h7-19,21H,1-6H3/t21-/m1/s1. The summed E-state index contributed by atoms with van der Waals surface area (Å²) >= 11 is 0. The van der Waals surface area contributed by atoms with Crippen molar-refractivity contribution in [3.63, 3.8) is 0 Å². The average Bonchev–Trinajstić information content (AvgIpc) is 3.33. The first-order valence-corrected chi connectivity index (χ1v) is 11.7. The molecule has 3 heteroatoms. The van der Waals surface area contributed by atoms with Crippen LogP contribution in [0.1, 0.15) is 63.1 Å². The van der Waals surface area contributed by atoms with Crippen molar-refractivity contribution in [3.05, 3.63) is 83.7 Å². The minimum atomic E-state index is 0.143. The molecule has 0 radical (unpaired) electrons. The van der Waals surface area contributed by atoms with Crippen molar-refractivity contribution in [2.45, 2.75) is 59.5 Å². The predicted octanol–water partition coefficient (Wildman–Crippen LogP) is 8.29. The van der Waals surface area contributed by atoms with Gasteiger partial charge >= 0.3 is 0 Å². The average molecular weight is 425 g/mol. The van der Waals surface area contributed by atoms with Crippen molar-refractivity contribution in [3.8, 4) is 0 Å². The molecular weight excluding hydrogens is 392 g/mol. The maximum absolute atomic E-state index is 6.40. The Labute approximate surface area is 190 Å². The first-order chi connectivity index (χ1) is 15.4. The summed E-state index contributed by atoms with van der Waals surface area (Å²) in [6.07, 6.45) is 4.59. The molecule has 1 aliphatic rings. The van der Waals surface area contributed by atoms with Crippen molar-refractivity contribution in [2.24, 2.45) is 0 Å². The minimum absolute atomic E-state index is 0.143. The predicted molar refractivity (Wildman–Crippen MR) is 137 cm³/mol. The van der Waals surface area contributed by atoms with Crippen molar-refractivity contribution < 1.29 is 4.42 Å². The van der Waals surface area contributed by atoms with Gasteiger partial charge in [-0.05, 0) is 48.4 Å². The molecule has 164 valence electrons. The first-order valence-electron chi connectivity index (χ1n) is 11.7. The van der Waals surface area contributed by atoms with Crippen molar-refractivity contribution >= 4 is 33.3 Å². The Hall–Kier alpha value is -3.20. The molecule has 1 aromatic heterocycles. The number of furan rings is 1. The monoisotopic (exact) mass is 424 g/mol. The van der Waals surface area contributed by atoms with Gasteiger partial charge in [-0.1, -0.05) is 76.2 Å². The smallest absolute Gasteiger partial charge is 0.159 e. The van der Waals surface area contributed by atoms with Gasteiger partial charge in [-0.25, -0.2) is 0 Å². The number of anilines is 2. The Balaban J connectivity index is 1.64. The van der Waals surface area contributed by atoms with Gasteiger partial charge in [0, 0.05) is 28.9 Å². The Morgan fingerprint density at radius 1 is 0.719 bits per heavy atom. The Morgan fingerprint density at radius 3 is 2.00 bits per heavy atom. The van der Waals surface area contributed by atoms with Gasteiger partial charge in [0.05, 0.1) is 5.69 Å². The Morgan fingerprint density at radius 2 is 1.34 bits per heavy atom. The molecule has 1 atom stereocenters. The van der Waals surface area contributed by atoms with Crippen molar-refractivity contribution in [2.75, 3.05) is 9.80 Å². The lowest BCUT2D eigenvalue weighted by atomic mass is 9.92. The van der Waals surface area contributed by atoms with Gasteiger partial charge in [-0.2, -0.15) is 0 Å². The van der Waals surface area contributed by atoms with E-state index in [1.807, 2.05) is 6.07 Å². The molecule has 2 heterocycles. The summed E-state index contributed by atoms with van der Waals surface area (Å²) in [5, 5.41) is 2.34. The van der Waals surface area contributed by atoms with E-state index in [1.165, 1.54) is 33.2 Å². The number of fused-ring (bicyclic) bond motifs is 3. The third kappa shape index (κ3) is 3.10. The fourth-order valence-electron chi connectivity index (χ4n) is 5.05. The quantitative estimate of drug-likeness (QED) is 0.328. The molecular formula is C29H32N2O. The second kappa shape index (κ2) is 7.74. The Bertz CT molecular complexity index is 1300. The number of rotatable bonds is 4. The molecule has 0 aliphatic carbocycles. The van der Waals surface area contributed by atoms with E-state index in [4.69, 9.17) is 4.42 Å². The fraction of sp³-hybridized carbons (Fsp3) is 0.310. The summed E-state index contributed by atoms with van der Waals surface area (Å²) in [4.78, 5) is 4.80. The van der Waals surface area contributed by atoms with Crippen LogP contribution < -0.4 is 9.80 Å². The van der Waals surface area contributed by atoms with E-state index in [9.17, 15) is 0 Å². The van der Waals surface area contributed by atoms with Gasteiger partial charge < -0.3 is 14.2 Å². The van der Waals surface area contributed by atoms with Crippen LogP contribution in [0.15, 0.2) is 71.4 Å². The van der Waals surface area contributed by atoms with Gasteiger partial charge in [0.1, 0.15) is 11.7 Å². The molecule has 3 nitrogen and oxygen atoms in total. The fourth-order valence-corrected chi connectivity index (χ4v) is 5.05. The lowest BCUT2D eigenvalue weighted by molar-refractivity contribution is 0.661. The van der Waals surface area contributed by atoms with E-state index in [2.05, 4.69) is 112 Å². The third-order valence-corrected chi connectivity index (χ3v) is 6.77. The number of hydrogen-bond acceptors (Lipinski definition) is 3. The highest BCUT2D eigenvalue weighted by molar-refractivity contribution is 6.09. The SMILES string of the molecule is Cc1ccc2c(oc3ccccc32)c1N1C=CN(c2c(C(C)C)cccc2C(C)C)[C@@H]1C. The van der Waals surface area contributed by atoms with E-state index < -0.39 is 0 Å². The van der Waals surface area contributed by atoms with Gasteiger partial charge in [0.2, 0.25) is 0 Å². The number of benzene rings is 3. The molecule has 0 spiro atoms. The van der Waals surface area contributed by atoms with Crippen LogP contribution in [0.4, 0.5) is 11.4 Å². The zero-order chi connectivity index (χ0) is 22.6. The van der Waals surface area contributed by atoms with Gasteiger partial charge in [-0.15, -0.1) is 0 Å². The molecule has 0 fully saturated rings. The Kier molecular flexibility index (Phi) is 5.00. The highest BCUT2D eigenvalue weighted by atomic mass is 16.3. The number of nitrogens with zero attached hydrogens (tertiary/aromatic N) is 2. The largest absolute Gasteiger partial charge is 0.454 e. The number of hydrogen-bond donors (Lipinski definition) is 0. The normalized spacial score (nSPS) is 16.4. The van der Waals surface area contributed by atoms with Gasteiger partial charge in [0.25, 0.3) is 0 Å². The lowest BCUT2D eigenvalue weighted by Gasteiger charge is -2.34. The molecule has 0 saturated heterocycles. The zero-order valence-electron chi connectivity index (χ0n) is 19.9. The van der Waals surface area contributed by atoms with Crippen LogP contribution in [0, 0.1) is 6.92 Å². The van der Waals surface area contributed by atoms with Crippen LogP contribution in [0.5, 0.6) is 0 Å². The number of para-hydroxylation sites is 2. The van der Waals surface area contributed by atoms with Crippen molar-refractivity contribution in [1.82, 2.24) is 0 Å². The first kappa shape index (κ1) is 20.7. The van der Waals surface area contributed by atoms with E-state index in [0.717, 1.165) is 16.9 Å². The highest BCUT2D eigenvalue weighted by Gasteiger charge is 2.31. The maximum Gasteiger partial charge on any atom is 0.159 e. The molecule has 32 heavy (non-hydrogen) atoms. The summed E-state index contributed by atoms with van der Waals surface area (Å²) in [7, 11) is 0. The molecule has 0 bridgehead atoms. The summed E-state index contributed by atoms with van der Waals surface area (Å²) in [6.45, 7) is 13.6. The second-order valence-corrected chi connectivity index (χ2v) is 9.54. The minimum Gasteiger partial charge on any atom is -0.454 e. The summed E-state index contributed by atoms with van der Waals surface area (Å²) in [6, 6.07) is 19.5. The molecule has 1 aliphatic heterocycles. The molecule has 4 aromatic rings. The maximum atomic E-state index is 6.40. The molecule has 0 unspecified atom stereocenters. The van der Waals surface area contributed by atoms with Crippen LogP contribution in [0.2, 0.25) is 0 Å². The summed E-state index contributed by atoms with van der Waals surface area (Å²) in [5.41, 5.74) is 8.41. The van der Waals surface area contributed by atoms with Crippen LogP contribution >= 0.6 is 0 Å². The zero-order valence-corrected chi connectivity index (χ0v) is 19.9. The number of aryl methyl sites for hydroxylation is 1. The topological polar surface area (TPSA) is 19.6 Å². The van der Waals surface area contributed by atoms with Crippen LogP contribution in [0.3, 0.4) is 0 Å². The molecule has 5 rings (SSSR count). The van der Waals surface area contributed by atoms with Gasteiger partial charge in [0.15, 0.2) is 5.58 Å². The van der Waals surface area contributed by atoms with E-state index in [1.54, 1.807) is 0 Å². The molecule has 0 saturated carbocycles. The van der Waals surface area contributed by atoms with Crippen LogP contribution in [-0.2, 0) is 0 Å². The molecule has 3 aromatic carbocycles. The van der Waals surface area contributed by atoms with E-state index >= 15 is 0 Å². The second-order valence-electron chi connectivity index (χ2n) is 9.54. The molecule has 0 N–H and O–H groups in total. The third-order valence-electron chi connectivity index (χ3n) is 6.77. The molecule has 0 amide bonds. The summed E-state index contributed by atoms with van der Waals surface area (Å²) < 4.78 is 6.40. The van der Waals surface area contributed by atoms with E-state index in [0.29, 0.717) is 11.8 Å². The highest BCUT2D eigenvalue weighted by Crippen LogP contribution is 2.43. The van der Waals surface area contributed by atoms with E-state index in [-0.39, 0.29) is 6.17 Å². The van der Waals surface area contributed by atoms with Crippen LogP contribution in [-0.4, -0.2) is 6.17 Å².